The first-order valence-corrected chi connectivity index (χ1v) is 12.5. The normalized spacial score (nSPS) is 28.4. The second-order valence-corrected chi connectivity index (χ2v) is 10.3. The Labute approximate surface area is 210 Å². The molecule has 6 nitrogen and oxygen atoms in total. The van der Waals surface area contributed by atoms with Gasteiger partial charge in [-0.3, -0.25) is 9.80 Å². The highest BCUT2D eigenvalue weighted by Gasteiger charge is 2.50. The van der Waals surface area contributed by atoms with Crippen molar-refractivity contribution in [2.75, 3.05) is 32.1 Å². The lowest BCUT2D eigenvalue weighted by Gasteiger charge is -2.48. The Kier molecular flexibility index (Phi) is 7.07. The Bertz CT molecular complexity index is 1060. The zero-order valence-corrected chi connectivity index (χ0v) is 20.8. The van der Waals surface area contributed by atoms with Gasteiger partial charge in [-0.05, 0) is 65.8 Å². The van der Waals surface area contributed by atoms with Gasteiger partial charge >= 0.3 is 0 Å². The van der Waals surface area contributed by atoms with Crippen LogP contribution in [0.25, 0.3) is 0 Å². The van der Waals surface area contributed by atoms with Crippen LogP contribution in [0.15, 0.2) is 30.3 Å². The van der Waals surface area contributed by atoms with Crippen molar-refractivity contribution < 1.29 is 27.8 Å². The molecule has 0 aromatic heterocycles. The summed E-state index contributed by atoms with van der Waals surface area (Å²) in [5.41, 5.74) is -0.144. The number of aliphatic hydroxyl groups is 1. The maximum atomic E-state index is 14.9. The summed E-state index contributed by atoms with van der Waals surface area (Å²) >= 11 is 1.97. The lowest BCUT2D eigenvalue weighted by molar-refractivity contribution is -0.288. The molecule has 3 aliphatic heterocycles. The molecule has 34 heavy (non-hydrogen) atoms. The molecule has 0 spiro atoms. The average molecular weight is 589 g/mol. The first kappa shape index (κ1) is 24.3. The molecule has 5 atom stereocenters. The summed E-state index contributed by atoms with van der Waals surface area (Å²) in [5, 5.41) is 13.9. The SMILES string of the molecule is COC1OC2CN(C(O)c3ccc(F)c(F)c3Nc3ccc(I)cc3F)CC2[C@@H]2CCCCN12. The molecule has 3 saturated heterocycles. The van der Waals surface area contributed by atoms with Crippen molar-refractivity contribution in [1.29, 1.82) is 0 Å². The molecular formula is C24H27F3IN3O3. The molecule has 0 radical (unpaired) electrons. The Hall–Kier alpha value is -1.44. The minimum Gasteiger partial charge on any atom is -0.374 e. The van der Waals surface area contributed by atoms with Gasteiger partial charge in [0, 0.05) is 47.8 Å². The van der Waals surface area contributed by atoms with E-state index < -0.39 is 30.1 Å². The fraction of sp³-hybridized carbons (Fsp3) is 0.500. The summed E-state index contributed by atoms with van der Waals surface area (Å²) in [7, 11) is 1.63. The molecule has 5 rings (SSSR count). The number of methoxy groups -OCH3 is 1. The van der Waals surface area contributed by atoms with E-state index in [2.05, 4.69) is 10.2 Å². The lowest BCUT2D eigenvalue weighted by atomic mass is 9.87. The van der Waals surface area contributed by atoms with Crippen molar-refractivity contribution in [3.05, 3.63) is 56.9 Å². The maximum Gasteiger partial charge on any atom is 0.218 e. The molecule has 0 saturated carbocycles. The fourth-order valence-electron chi connectivity index (χ4n) is 5.49. The highest BCUT2D eigenvalue weighted by atomic mass is 127. The van der Waals surface area contributed by atoms with Crippen LogP contribution in [0.4, 0.5) is 24.5 Å². The van der Waals surface area contributed by atoms with Crippen molar-refractivity contribution >= 4 is 34.0 Å². The van der Waals surface area contributed by atoms with Crippen LogP contribution in [0, 0.1) is 26.9 Å². The number of hydrogen-bond acceptors (Lipinski definition) is 6. The molecule has 0 amide bonds. The van der Waals surface area contributed by atoms with Gasteiger partial charge in [0.15, 0.2) is 11.6 Å². The summed E-state index contributed by atoms with van der Waals surface area (Å²) in [5.74, 6) is -2.68. The largest absolute Gasteiger partial charge is 0.374 e. The van der Waals surface area contributed by atoms with Crippen molar-refractivity contribution in [3.63, 3.8) is 0 Å². The van der Waals surface area contributed by atoms with Crippen LogP contribution in [-0.2, 0) is 9.47 Å². The molecular weight excluding hydrogens is 562 g/mol. The number of hydrogen-bond donors (Lipinski definition) is 2. The van der Waals surface area contributed by atoms with E-state index in [1.54, 1.807) is 13.2 Å². The van der Waals surface area contributed by atoms with Gasteiger partial charge in [-0.1, -0.05) is 6.42 Å². The summed E-state index contributed by atoms with van der Waals surface area (Å²) in [4.78, 5) is 4.05. The first-order chi connectivity index (χ1) is 16.4. The topological polar surface area (TPSA) is 57.2 Å². The fourth-order valence-corrected chi connectivity index (χ4v) is 5.95. The number of aliphatic hydroxyl groups excluding tert-OH is 1. The van der Waals surface area contributed by atoms with E-state index in [1.807, 2.05) is 27.5 Å². The standard InChI is InChI=1S/C24H27F3IN3O3/c1-33-24-31-9-3-2-4-19(31)15-11-30(12-20(15)34-24)23(32)14-6-7-16(25)21(27)22(14)29-18-8-5-13(28)10-17(18)26/h5-8,10,15,19-20,23-24,29,32H,2-4,9,11-12H2,1H3/t15?,19-,20?,23?,24?/m0/s1. The van der Waals surface area contributed by atoms with Crippen LogP contribution < -0.4 is 5.32 Å². The van der Waals surface area contributed by atoms with Gasteiger partial charge in [0.05, 0.1) is 17.5 Å². The molecule has 4 unspecified atom stereocenters. The molecule has 2 N–H and O–H groups in total. The van der Waals surface area contributed by atoms with Crippen LogP contribution in [-0.4, -0.2) is 60.2 Å². The predicted octanol–water partition coefficient (Wildman–Crippen LogP) is 4.56. The van der Waals surface area contributed by atoms with Gasteiger partial charge in [-0.15, -0.1) is 0 Å². The quantitative estimate of drug-likeness (QED) is 0.500. The zero-order valence-electron chi connectivity index (χ0n) is 18.7. The highest BCUT2D eigenvalue weighted by molar-refractivity contribution is 14.1. The Morgan fingerprint density at radius 2 is 1.97 bits per heavy atom. The maximum absolute atomic E-state index is 14.9. The van der Waals surface area contributed by atoms with Gasteiger partial charge in [0.1, 0.15) is 12.0 Å². The number of likely N-dealkylation sites (tertiary alicyclic amines) is 1. The first-order valence-electron chi connectivity index (χ1n) is 11.4. The predicted molar refractivity (Wildman–Crippen MR) is 129 cm³/mol. The lowest BCUT2D eigenvalue weighted by Crippen LogP contribution is -2.59. The van der Waals surface area contributed by atoms with E-state index in [4.69, 9.17) is 9.47 Å². The number of ether oxygens (including phenoxy) is 2. The summed E-state index contributed by atoms with van der Waals surface area (Å²) < 4.78 is 55.9. The Balaban J connectivity index is 1.42. The Morgan fingerprint density at radius 1 is 1.15 bits per heavy atom. The molecule has 2 aromatic carbocycles. The molecule has 10 heteroatoms. The number of nitrogens with one attached hydrogen (secondary N) is 1. The average Bonchev–Trinajstić information content (AvgIpc) is 3.27. The van der Waals surface area contributed by atoms with E-state index in [1.165, 1.54) is 18.2 Å². The molecule has 184 valence electrons. The van der Waals surface area contributed by atoms with Crippen LogP contribution in [0.1, 0.15) is 31.1 Å². The van der Waals surface area contributed by atoms with Crippen LogP contribution in [0.2, 0.25) is 0 Å². The van der Waals surface area contributed by atoms with Crippen molar-refractivity contribution in [3.8, 4) is 0 Å². The third kappa shape index (κ3) is 4.44. The summed E-state index contributed by atoms with van der Waals surface area (Å²) in [6.07, 6.45) is 1.45. The van der Waals surface area contributed by atoms with E-state index >= 15 is 0 Å². The van der Waals surface area contributed by atoms with E-state index in [0.717, 1.165) is 31.9 Å². The number of halogens is 4. The van der Waals surface area contributed by atoms with E-state index in [-0.39, 0.29) is 35.0 Å². The van der Waals surface area contributed by atoms with Gasteiger partial charge < -0.3 is 19.9 Å². The molecule has 0 aliphatic carbocycles. The number of nitrogens with zero attached hydrogens (tertiary/aromatic N) is 2. The zero-order chi connectivity index (χ0) is 24.0. The number of benzene rings is 2. The molecule has 3 fully saturated rings. The van der Waals surface area contributed by atoms with E-state index in [0.29, 0.717) is 16.7 Å². The van der Waals surface area contributed by atoms with Gasteiger partial charge in [-0.2, -0.15) is 0 Å². The highest BCUT2D eigenvalue weighted by Crippen LogP contribution is 2.41. The molecule has 0 bridgehead atoms. The van der Waals surface area contributed by atoms with Crippen molar-refractivity contribution in [1.82, 2.24) is 9.80 Å². The summed E-state index contributed by atoms with van der Waals surface area (Å²) in [6.45, 7) is 1.86. The smallest absolute Gasteiger partial charge is 0.218 e. The van der Waals surface area contributed by atoms with Crippen molar-refractivity contribution in [2.24, 2.45) is 5.92 Å². The second kappa shape index (κ2) is 9.90. The number of anilines is 2. The van der Waals surface area contributed by atoms with E-state index in [9.17, 15) is 18.3 Å². The van der Waals surface area contributed by atoms with Crippen LogP contribution in [0.3, 0.4) is 0 Å². The summed E-state index contributed by atoms with van der Waals surface area (Å²) in [6, 6.07) is 7.00. The third-order valence-electron chi connectivity index (χ3n) is 7.13. The Morgan fingerprint density at radius 3 is 2.74 bits per heavy atom. The molecule has 3 heterocycles. The van der Waals surface area contributed by atoms with Crippen molar-refractivity contribution in [2.45, 2.75) is 44.1 Å². The molecule has 2 aromatic rings. The third-order valence-corrected chi connectivity index (χ3v) is 7.80. The van der Waals surface area contributed by atoms with Gasteiger partial charge in [-0.25, -0.2) is 13.2 Å². The molecule has 3 aliphatic rings. The van der Waals surface area contributed by atoms with Gasteiger partial charge in [0.25, 0.3) is 0 Å². The second-order valence-electron chi connectivity index (χ2n) is 9.08. The minimum atomic E-state index is -1.23. The number of fused-ring (bicyclic) bond motifs is 3. The minimum absolute atomic E-state index is 0.00225. The number of piperidine rings is 1. The number of rotatable bonds is 5. The van der Waals surface area contributed by atoms with Gasteiger partial charge in [0.2, 0.25) is 6.41 Å². The monoisotopic (exact) mass is 589 g/mol. The van der Waals surface area contributed by atoms with Crippen LogP contribution >= 0.6 is 22.6 Å². The van der Waals surface area contributed by atoms with Crippen LogP contribution in [0.5, 0.6) is 0 Å².